The number of hydrogen-bond donors (Lipinski definition) is 2. The second kappa shape index (κ2) is 5.46. The summed E-state index contributed by atoms with van der Waals surface area (Å²) in [7, 11) is 1.61. The van der Waals surface area contributed by atoms with Crippen LogP contribution in [0, 0.1) is 5.82 Å². The van der Waals surface area contributed by atoms with E-state index in [1.54, 1.807) is 19.2 Å². The van der Waals surface area contributed by atoms with E-state index < -0.39 is 0 Å². The number of rotatable bonds is 5. The molecule has 6 nitrogen and oxygen atoms in total. The van der Waals surface area contributed by atoms with Crippen LogP contribution in [0.2, 0.25) is 0 Å². The predicted molar refractivity (Wildman–Crippen MR) is 66.1 cm³/mol. The van der Waals surface area contributed by atoms with Crippen LogP contribution in [-0.2, 0) is 4.74 Å². The summed E-state index contributed by atoms with van der Waals surface area (Å²) in [6.45, 7) is 1.13. The molecule has 1 aromatic carbocycles. The molecule has 2 aromatic rings. The van der Waals surface area contributed by atoms with Crippen LogP contribution >= 0.6 is 0 Å². The van der Waals surface area contributed by atoms with Gasteiger partial charge in [0.1, 0.15) is 5.82 Å². The number of anilines is 2. The first-order valence-electron chi connectivity index (χ1n) is 5.42. The Morgan fingerprint density at radius 2 is 2.11 bits per heavy atom. The zero-order valence-corrected chi connectivity index (χ0v) is 9.93. The Morgan fingerprint density at radius 1 is 1.39 bits per heavy atom. The molecule has 0 bridgehead atoms. The third-order valence-electron chi connectivity index (χ3n) is 2.29. The molecule has 0 fully saturated rings. The monoisotopic (exact) mass is 251 g/mol. The topological polar surface area (TPSA) is 78.0 Å². The van der Waals surface area contributed by atoms with Crippen LogP contribution in [0.1, 0.15) is 0 Å². The first-order chi connectivity index (χ1) is 8.70. The normalized spacial score (nSPS) is 10.6. The van der Waals surface area contributed by atoms with Crippen molar-refractivity contribution in [2.45, 2.75) is 0 Å². The number of hydrogen-bond acceptors (Lipinski definition) is 5. The van der Waals surface area contributed by atoms with Crippen LogP contribution in [0.5, 0.6) is 0 Å². The molecule has 2 rings (SSSR count). The maximum Gasteiger partial charge on any atom is 0.244 e. The van der Waals surface area contributed by atoms with Crippen molar-refractivity contribution in [3.63, 3.8) is 0 Å². The van der Waals surface area contributed by atoms with Crippen molar-refractivity contribution in [3.05, 3.63) is 30.1 Å². The van der Waals surface area contributed by atoms with Crippen molar-refractivity contribution >= 4 is 11.9 Å². The van der Waals surface area contributed by atoms with E-state index in [2.05, 4.69) is 15.4 Å². The van der Waals surface area contributed by atoms with Crippen molar-refractivity contribution in [1.82, 2.24) is 14.8 Å². The minimum Gasteiger partial charge on any atom is -0.383 e. The number of halogens is 1. The van der Waals surface area contributed by atoms with Gasteiger partial charge in [-0.3, -0.25) is 0 Å². The van der Waals surface area contributed by atoms with Crippen LogP contribution in [0.25, 0.3) is 5.69 Å². The fourth-order valence-electron chi connectivity index (χ4n) is 1.44. The molecule has 0 aliphatic rings. The summed E-state index contributed by atoms with van der Waals surface area (Å²) in [6, 6.07) is 5.85. The average Bonchev–Trinajstić information content (AvgIpc) is 2.72. The fourth-order valence-corrected chi connectivity index (χ4v) is 1.44. The lowest BCUT2D eigenvalue weighted by atomic mass is 10.3. The van der Waals surface area contributed by atoms with Crippen molar-refractivity contribution in [2.75, 3.05) is 31.3 Å². The Morgan fingerprint density at radius 3 is 2.78 bits per heavy atom. The molecule has 1 aromatic heterocycles. The number of nitrogens with zero attached hydrogens (tertiary/aromatic N) is 3. The number of nitrogens with two attached hydrogens (primary N) is 1. The van der Waals surface area contributed by atoms with Crippen LogP contribution in [0.4, 0.5) is 16.3 Å². The molecule has 96 valence electrons. The molecule has 0 saturated heterocycles. The number of ether oxygens (including phenoxy) is 1. The maximum absolute atomic E-state index is 12.8. The molecule has 0 radical (unpaired) electrons. The number of nitrogens with one attached hydrogen (secondary N) is 1. The Hall–Kier alpha value is -2.15. The first-order valence-corrected chi connectivity index (χ1v) is 5.42. The molecular weight excluding hydrogens is 237 g/mol. The Labute approximate surface area is 104 Å². The average molecular weight is 251 g/mol. The van der Waals surface area contributed by atoms with Crippen molar-refractivity contribution < 1.29 is 9.13 Å². The van der Waals surface area contributed by atoms with Crippen molar-refractivity contribution in [2.24, 2.45) is 0 Å². The van der Waals surface area contributed by atoms with Crippen LogP contribution in [0.15, 0.2) is 24.3 Å². The lowest BCUT2D eigenvalue weighted by Gasteiger charge is -2.01. The van der Waals surface area contributed by atoms with Gasteiger partial charge in [0.2, 0.25) is 11.9 Å². The molecule has 0 aliphatic carbocycles. The van der Waals surface area contributed by atoms with E-state index in [0.717, 1.165) is 0 Å². The van der Waals surface area contributed by atoms with Gasteiger partial charge in [-0.05, 0) is 24.3 Å². The molecule has 0 spiro atoms. The summed E-state index contributed by atoms with van der Waals surface area (Å²) in [6.07, 6.45) is 0. The number of methoxy groups -OCH3 is 1. The van der Waals surface area contributed by atoms with E-state index in [-0.39, 0.29) is 11.8 Å². The first kappa shape index (κ1) is 12.3. The van der Waals surface area contributed by atoms with Crippen LogP contribution < -0.4 is 11.1 Å². The quantitative estimate of drug-likeness (QED) is 0.776. The van der Waals surface area contributed by atoms with E-state index in [0.29, 0.717) is 24.8 Å². The van der Waals surface area contributed by atoms with Gasteiger partial charge >= 0.3 is 0 Å². The summed E-state index contributed by atoms with van der Waals surface area (Å²) in [5.41, 5.74) is 6.39. The lowest BCUT2D eigenvalue weighted by Crippen LogP contribution is -2.09. The molecule has 0 amide bonds. The smallest absolute Gasteiger partial charge is 0.244 e. The minimum atomic E-state index is -0.309. The molecule has 0 atom stereocenters. The summed E-state index contributed by atoms with van der Waals surface area (Å²) in [5.74, 6) is 0.339. The molecule has 3 N–H and O–H groups in total. The van der Waals surface area contributed by atoms with E-state index in [1.807, 2.05) is 0 Å². The third kappa shape index (κ3) is 2.75. The van der Waals surface area contributed by atoms with Crippen molar-refractivity contribution in [3.8, 4) is 5.69 Å². The van der Waals surface area contributed by atoms with Crippen LogP contribution in [-0.4, -0.2) is 35.0 Å². The Balaban J connectivity index is 2.16. The number of benzene rings is 1. The molecule has 0 saturated carbocycles. The Kier molecular flexibility index (Phi) is 3.73. The summed E-state index contributed by atoms with van der Waals surface area (Å²) >= 11 is 0. The highest BCUT2D eigenvalue weighted by atomic mass is 19.1. The summed E-state index contributed by atoms with van der Waals surface area (Å²) in [5, 5.41) is 7.14. The van der Waals surface area contributed by atoms with Gasteiger partial charge in [-0.1, -0.05) is 0 Å². The van der Waals surface area contributed by atoms with E-state index in [9.17, 15) is 4.39 Å². The summed E-state index contributed by atoms with van der Waals surface area (Å²) in [4.78, 5) is 4.05. The number of aromatic nitrogens is 3. The van der Waals surface area contributed by atoms with E-state index >= 15 is 0 Å². The number of nitrogen functional groups attached to an aromatic ring is 1. The zero-order chi connectivity index (χ0) is 13.0. The van der Waals surface area contributed by atoms with E-state index in [4.69, 9.17) is 10.5 Å². The lowest BCUT2D eigenvalue weighted by molar-refractivity contribution is 0.210. The van der Waals surface area contributed by atoms with Gasteiger partial charge in [0.15, 0.2) is 0 Å². The third-order valence-corrected chi connectivity index (χ3v) is 2.29. The highest BCUT2D eigenvalue weighted by Gasteiger charge is 2.08. The SMILES string of the molecule is COCCNc1nc(N)n(-c2ccc(F)cc2)n1. The van der Waals surface area contributed by atoms with Gasteiger partial charge in [0.05, 0.1) is 12.3 Å². The molecule has 0 aliphatic heterocycles. The van der Waals surface area contributed by atoms with E-state index in [1.165, 1.54) is 16.8 Å². The minimum absolute atomic E-state index is 0.238. The van der Waals surface area contributed by atoms with Crippen molar-refractivity contribution in [1.29, 1.82) is 0 Å². The summed E-state index contributed by atoms with van der Waals surface area (Å²) < 4.78 is 19.2. The molecule has 18 heavy (non-hydrogen) atoms. The maximum atomic E-state index is 12.8. The van der Waals surface area contributed by atoms with Gasteiger partial charge in [-0.15, -0.1) is 5.10 Å². The van der Waals surface area contributed by atoms with Gasteiger partial charge in [-0.25, -0.2) is 4.39 Å². The second-order valence-electron chi connectivity index (χ2n) is 3.60. The standard InChI is InChI=1S/C11H14FN5O/c1-18-7-6-14-11-15-10(13)17(16-11)9-4-2-8(12)3-5-9/h2-5H,6-7H2,1H3,(H3,13,14,15,16). The second-order valence-corrected chi connectivity index (χ2v) is 3.60. The molecular formula is C11H14FN5O. The van der Waals surface area contributed by atoms with Gasteiger partial charge in [-0.2, -0.15) is 9.67 Å². The predicted octanol–water partition coefficient (Wildman–Crippen LogP) is 1.05. The van der Waals surface area contributed by atoms with Crippen LogP contribution in [0.3, 0.4) is 0 Å². The molecule has 0 unspecified atom stereocenters. The highest BCUT2D eigenvalue weighted by Crippen LogP contribution is 2.13. The molecule has 1 heterocycles. The largest absolute Gasteiger partial charge is 0.383 e. The molecule has 7 heteroatoms. The highest BCUT2D eigenvalue weighted by molar-refractivity contribution is 5.41. The Bertz CT molecular complexity index is 511. The van der Waals surface area contributed by atoms with Gasteiger partial charge in [0.25, 0.3) is 0 Å². The van der Waals surface area contributed by atoms with Gasteiger partial charge in [0, 0.05) is 13.7 Å². The van der Waals surface area contributed by atoms with Gasteiger partial charge < -0.3 is 15.8 Å². The zero-order valence-electron chi connectivity index (χ0n) is 9.93. The fraction of sp³-hybridized carbons (Fsp3) is 0.273.